The van der Waals surface area contributed by atoms with Crippen LogP contribution in [0, 0.1) is 32.5 Å². The zero-order valence-electron chi connectivity index (χ0n) is 54.7. The number of fused-ring (bicyclic) bond motifs is 1. The number of rotatable bonds is 16. The van der Waals surface area contributed by atoms with E-state index in [2.05, 4.69) is 115 Å². The predicted octanol–water partition coefficient (Wildman–Crippen LogP) is 15.6. The van der Waals surface area contributed by atoms with Crippen molar-refractivity contribution in [3.63, 3.8) is 0 Å². The summed E-state index contributed by atoms with van der Waals surface area (Å²) in [5.41, 5.74) is 2.71. The molecule has 0 aromatic carbocycles. The van der Waals surface area contributed by atoms with E-state index in [9.17, 15) is 10.2 Å². The van der Waals surface area contributed by atoms with Crippen LogP contribution in [0.1, 0.15) is 288 Å². The summed E-state index contributed by atoms with van der Waals surface area (Å²) >= 11 is 0. The van der Waals surface area contributed by atoms with Gasteiger partial charge < -0.3 is 30.5 Å². The highest BCUT2D eigenvalue weighted by atomic mass is 16.6. The largest absolute Gasteiger partial charge is 0.396 e. The molecule has 0 amide bonds. The minimum absolute atomic E-state index is 0.0654. The fourth-order valence-corrected chi connectivity index (χ4v) is 17.0. The lowest BCUT2D eigenvalue weighted by molar-refractivity contribution is -0.0257. The molecule has 0 aromatic heterocycles. The summed E-state index contributed by atoms with van der Waals surface area (Å²) in [5, 5.41) is 42.1. The molecule has 0 aromatic rings. The van der Waals surface area contributed by atoms with Crippen LogP contribution in [-0.2, 0) is 4.74 Å². The lowest BCUT2D eigenvalue weighted by Crippen LogP contribution is -2.53. The molecule has 4 aliphatic heterocycles. The normalized spacial score (nSPS) is 32.6. The highest BCUT2D eigenvalue weighted by Gasteiger charge is 2.49. The average Bonchev–Trinajstić information content (AvgIpc) is 4.13. The van der Waals surface area contributed by atoms with Crippen LogP contribution < -0.4 is 5.32 Å². The van der Waals surface area contributed by atoms with Crippen molar-refractivity contribution in [3.8, 4) is 0 Å². The molecule has 5 N–H and O–H groups in total. The molecule has 10 rings (SSSR count). The second-order valence-electron chi connectivity index (χ2n) is 28.4. The van der Waals surface area contributed by atoms with Crippen LogP contribution >= 0.6 is 0 Å². The number of nitrogens with one attached hydrogen (secondary N) is 1. The molecule has 2 unspecified atom stereocenters. The second-order valence-corrected chi connectivity index (χ2v) is 28.4. The molecule has 6 aliphatic carbocycles. The van der Waals surface area contributed by atoms with E-state index in [1.54, 1.807) is 0 Å². The Morgan fingerprint density at radius 2 is 0.787 bits per heavy atom. The van der Waals surface area contributed by atoms with E-state index in [1.165, 1.54) is 225 Å². The van der Waals surface area contributed by atoms with Crippen molar-refractivity contribution in [2.75, 3.05) is 59.5 Å². The van der Waals surface area contributed by atoms with Crippen molar-refractivity contribution >= 4 is 0 Å². The molecule has 468 valence electrons. The van der Waals surface area contributed by atoms with E-state index in [0.29, 0.717) is 51.4 Å². The standard InChI is InChI=1S/C15H30N2.2C14H27NO.C10H18O.C10H18.C8H14O2/c1-4-15(5-2)9-8-13(16-3)14(12-15)17-10-6-7-11-17;1-3-14(4-2)8-7-13(16)12(11-14)15-9-5-6-10-15;1-3-14(4-2)8-7-12(13(16)11-14)15-9-5-6-10-15;1-3-10(4-2)6-5-8-9(7-10)11-8;1-3-10(4-2)8-6-5-7-9-10;9-6-8(7-10)4-2-1-3-5-8/h13-14,16H,4-12H2,1-3H3;2*12-13,16H,3-11H2,1-2H3;8-9H,3-7H2,1-2H3;5-6H,3-4,7-9H2,1-2H3;1-2,9-10H,3-7H2/t13-,14-;2*12-,13-;;;/m111.../s1. The van der Waals surface area contributed by atoms with E-state index < -0.39 is 0 Å². The summed E-state index contributed by atoms with van der Waals surface area (Å²) < 4.78 is 5.54. The van der Waals surface area contributed by atoms with Crippen molar-refractivity contribution < 1.29 is 25.2 Å². The third-order valence-corrected chi connectivity index (χ3v) is 25.0. The number of aliphatic hydroxyl groups is 4. The second kappa shape index (κ2) is 34.5. The van der Waals surface area contributed by atoms with Crippen molar-refractivity contribution in [2.45, 2.75) is 336 Å². The minimum atomic E-state index is -0.214. The fourth-order valence-electron chi connectivity index (χ4n) is 17.0. The van der Waals surface area contributed by atoms with Crippen LogP contribution in [0.5, 0.6) is 0 Å². The Hall–Kier alpha value is -0.880. The van der Waals surface area contributed by atoms with E-state index in [-0.39, 0.29) is 30.8 Å². The molecule has 8 atom stereocenters. The van der Waals surface area contributed by atoms with E-state index in [4.69, 9.17) is 14.9 Å². The quantitative estimate of drug-likeness (QED) is 0.0761. The first-order valence-corrected chi connectivity index (χ1v) is 35.0. The van der Waals surface area contributed by atoms with Gasteiger partial charge in [0.15, 0.2) is 0 Å². The number of ether oxygens (including phenoxy) is 1. The lowest BCUT2D eigenvalue weighted by atomic mass is 9.67. The van der Waals surface area contributed by atoms with Crippen LogP contribution in [-0.4, -0.2) is 143 Å². The highest BCUT2D eigenvalue weighted by Crippen LogP contribution is 2.50. The maximum atomic E-state index is 10.4. The van der Waals surface area contributed by atoms with Gasteiger partial charge in [-0.1, -0.05) is 158 Å². The third kappa shape index (κ3) is 19.3. The molecule has 4 heterocycles. The topological polar surface area (TPSA) is 115 Å². The van der Waals surface area contributed by atoms with Gasteiger partial charge in [0.05, 0.1) is 37.6 Å². The summed E-state index contributed by atoms with van der Waals surface area (Å²) in [4.78, 5) is 7.84. The number of allylic oxidation sites excluding steroid dienone is 4. The Morgan fingerprint density at radius 3 is 1.18 bits per heavy atom. The lowest BCUT2D eigenvalue weighted by Gasteiger charge is -2.47. The van der Waals surface area contributed by atoms with Crippen LogP contribution in [0.15, 0.2) is 24.3 Å². The Bertz CT molecular complexity index is 1660. The molecule has 0 radical (unpaired) electrons. The van der Waals surface area contributed by atoms with Gasteiger partial charge in [-0.15, -0.1) is 0 Å². The molecule has 4 saturated heterocycles. The maximum absolute atomic E-state index is 10.4. The van der Waals surface area contributed by atoms with Crippen LogP contribution in [0.3, 0.4) is 0 Å². The van der Waals surface area contributed by atoms with Gasteiger partial charge in [-0.05, 0) is 227 Å². The first-order chi connectivity index (χ1) is 38.6. The minimum Gasteiger partial charge on any atom is -0.396 e. The third-order valence-electron chi connectivity index (χ3n) is 25.0. The molecule has 8 fully saturated rings. The Kier molecular flexibility index (Phi) is 30.1. The van der Waals surface area contributed by atoms with E-state index in [0.717, 1.165) is 44.2 Å². The zero-order valence-corrected chi connectivity index (χ0v) is 54.7. The molecule has 10 aliphatic rings. The first-order valence-electron chi connectivity index (χ1n) is 35.0. The smallest absolute Gasteiger partial charge is 0.0847 e. The zero-order chi connectivity index (χ0) is 58.3. The molecule has 9 heteroatoms. The molecular formula is C71H134N4O5. The number of likely N-dealkylation sites (N-methyl/N-ethyl adjacent to an activating group) is 1. The molecule has 80 heavy (non-hydrogen) atoms. The summed E-state index contributed by atoms with van der Waals surface area (Å²) in [6, 6.07) is 2.46. The summed E-state index contributed by atoms with van der Waals surface area (Å²) in [6.45, 7) is 31.0. The van der Waals surface area contributed by atoms with Crippen LogP contribution in [0.4, 0.5) is 0 Å². The number of hydrogen-bond donors (Lipinski definition) is 5. The Morgan fingerprint density at radius 1 is 0.400 bits per heavy atom. The SMILES string of the molecule is CCC1(CC)CC=CCC1.CCC1(CC)CCC2OC2C1.CCC1(CC)CC[C@@H](N2CCCC2)[C@H](O)C1.CCC1(CC)CC[C@@H](NC)[C@H](N2CCCC2)C1.CCC1(CC)CC[C@@H](O)[C@H](N2CCCC2)C1.OCC1(CO)CC=CCC1. The number of nitrogens with zero attached hydrogens (tertiary/aromatic N) is 3. The van der Waals surface area contributed by atoms with Gasteiger partial charge in [0.2, 0.25) is 0 Å². The molecular weight excluding hydrogens is 989 g/mol. The van der Waals surface area contributed by atoms with Gasteiger partial charge in [0, 0.05) is 29.6 Å². The molecule has 4 saturated carbocycles. The number of hydrogen-bond acceptors (Lipinski definition) is 9. The number of epoxide rings is 1. The van der Waals surface area contributed by atoms with Crippen molar-refractivity contribution in [3.05, 3.63) is 24.3 Å². The maximum Gasteiger partial charge on any atom is 0.0847 e. The monoisotopic (exact) mass is 1120 g/mol. The number of likely N-dealkylation sites (tertiary alicyclic amines) is 3. The first kappa shape index (κ1) is 69.9. The molecule has 0 bridgehead atoms. The summed E-state index contributed by atoms with van der Waals surface area (Å²) in [6.07, 6.45) is 53.4. The van der Waals surface area contributed by atoms with Gasteiger partial charge in [-0.25, -0.2) is 0 Å². The van der Waals surface area contributed by atoms with Crippen molar-refractivity contribution in [2.24, 2.45) is 32.5 Å². The highest BCUT2D eigenvalue weighted by molar-refractivity contribution is 5.01. The van der Waals surface area contributed by atoms with Gasteiger partial charge in [0.25, 0.3) is 0 Å². The average molecular weight is 1120 g/mol. The molecule has 0 spiro atoms. The van der Waals surface area contributed by atoms with E-state index in [1.807, 2.05) is 6.08 Å². The molecule has 9 nitrogen and oxygen atoms in total. The van der Waals surface area contributed by atoms with Crippen LogP contribution in [0.2, 0.25) is 0 Å². The van der Waals surface area contributed by atoms with Crippen molar-refractivity contribution in [1.82, 2.24) is 20.0 Å². The van der Waals surface area contributed by atoms with Gasteiger partial charge >= 0.3 is 0 Å². The summed E-state index contributed by atoms with van der Waals surface area (Å²) in [7, 11) is 2.15. The van der Waals surface area contributed by atoms with Gasteiger partial charge in [-0.2, -0.15) is 0 Å². The summed E-state index contributed by atoms with van der Waals surface area (Å²) in [5.74, 6) is 0. The Balaban J connectivity index is 0.000000179. The van der Waals surface area contributed by atoms with Crippen molar-refractivity contribution in [1.29, 1.82) is 0 Å². The number of aliphatic hydroxyl groups excluding tert-OH is 4. The van der Waals surface area contributed by atoms with Crippen LogP contribution in [0.25, 0.3) is 0 Å². The predicted molar refractivity (Wildman–Crippen MR) is 340 cm³/mol. The van der Waals surface area contributed by atoms with Gasteiger partial charge in [0.1, 0.15) is 0 Å². The van der Waals surface area contributed by atoms with Gasteiger partial charge in [-0.3, -0.25) is 14.7 Å². The van der Waals surface area contributed by atoms with E-state index >= 15 is 0 Å². The fraction of sp³-hybridized carbons (Fsp3) is 0.944. The Labute approximate surface area is 495 Å².